The number of thiophene rings is 1. The molecule has 3 heterocycles. The number of fused-ring (bicyclic) bond motifs is 3. The zero-order chi connectivity index (χ0) is 12.7. The Balaban J connectivity index is 1.91. The van der Waals surface area contributed by atoms with Gasteiger partial charge >= 0.3 is 0 Å². The highest BCUT2D eigenvalue weighted by Gasteiger charge is 2.38. The second kappa shape index (κ2) is 4.55. The molecule has 0 radical (unpaired) electrons. The van der Waals surface area contributed by atoms with Gasteiger partial charge in [0.05, 0.1) is 12.6 Å². The summed E-state index contributed by atoms with van der Waals surface area (Å²) < 4.78 is 0. The highest BCUT2D eigenvalue weighted by molar-refractivity contribution is 7.10. The van der Waals surface area contributed by atoms with Crippen molar-refractivity contribution in [1.29, 1.82) is 0 Å². The Morgan fingerprint density at radius 3 is 3.17 bits per heavy atom. The van der Waals surface area contributed by atoms with Crippen molar-refractivity contribution < 1.29 is 9.59 Å². The van der Waals surface area contributed by atoms with E-state index in [9.17, 15) is 9.59 Å². The van der Waals surface area contributed by atoms with Crippen molar-refractivity contribution >= 4 is 34.8 Å². The molecule has 0 saturated carbocycles. The third-order valence-electron chi connectivity index (χ3n) is 3.60. The third kappa shape index (κ3) is 1.82. The Morgan fingerprint density at radius 1 is 1.56 bits per heavy atom. The summed E-state index contributed by atoms with van der Waals surface area (Å²) in [6.07, 6.45) is 0.929. The lowest BCUT2D eigenvalue weighted by atomic mass is 9.97. The summed E-state index contributed by atoms with van der Waals surface area (Å²) >= 11 is 7.30. The number of hydrogen-bond acceptors (Lipinski definition) is 3. The SMILES string of the molecule is O=C(CCl)N1CC(=O)N2CCc3sccc3C2C1. The quantitative estimate of drug-likeness (QED) is 0.729. The number of amides is 2. The summed E-state index contributed by atoms with van der Waals surface area (Å²) in [7, 11) is 0. The molecule has 96 valence electrons. The van der Waals surface area contributed by atoms with Crippen LogP contribution in [0.2, 0.25) is 0 Å². The van der Waals surface area contributed by atoms with Gasteiger partial charge in [-0.25, -0.2) is 0 Å². The molecule has 0 spiro atoms. The molecule has 4 nitrogen and oxygen atoms in total. The monoisotopic (exact) mass is 284 g/mol. The number of nitrogens with zero attached hydrogens (tertiary/aromatic N) is 2. The molecule has 18 heavy (non-hydrogen) atoms. The lowest BCUT2D eigenvalue weighted by molar-refractivity contribution is -0.148. The van der Waals surface area contributed by atoms with Crippen molar-refractivity contribution in [1.82, 2.24) is 9.80 Å². The molecule has 3 rings (SSSR count). The van der Waals surface area contributed by atoms with Gasteiger partial charge in [0.15, 0.2) is 0 Å². The van der Waals surface area contributed by atoms with Crippen molar-refractivity contribution in [3.05, 3.63) is 21.9 Å². The smallest absolute Gasteiger partial charge is 0.242 e. The fraction of sp³-hybridized carbons (Fsp3) is 0.500. The summed E-state index contributed by atoms with van der Waals surface area (Å²) in [5.74, 6) is -0.190. The molecular weight excluding hydrogens is 272 g/mol. The van der Waals surface area contributed by atoms with Crippen LogP contribution in [0.1, 0.15) is 16.5 Å². The topological polar surface area (TPSA) is 40.6 Å². The maximum atomic E-state index is 12.1. The third-order valence-corrected chi connectivity index (χ3v) is 4.83. The van der Waals surface area contributed by atoms with Gasteiger partial charge in [-0.05, 0) is 23.4 Å². The first-order valence-electron chi connectivity index (χ1n) is 5.90. The summed E-state index contributed by atoms with van der Waals surface area (Å²) in [4.78, 5) is 28.6. The Bertz CT molecular complexity index is 502. The molecule has 2 aliphatic rings. The van der Waals surface area contributed by atoms with E-state index in [1.807, 2.05) is 4.90 Å². The summed E-state index contributed by atoms with van der Waals surface area (Å²) in [6, 6.07) is 2.09. The van der Waals surface area contributed by atoms with Crippen molar-refractivity contribution in [3.63, 3.8) is 0 Å². The molecule has 0 aromatic carbocycles. The second-order valence-electron chi connectivity index (χ2n) is 4.56. The van der Waals surface area contributed by atoms with Gasteiger partial charge in [-0.1, -0.05) is 0 Å². The van der Waals surface area contributed by atoms with Crippen LogP contribution in [0.5, 0.6) is 0 Å². The van der Waals surface area contributed by atoms with Crippen LogP contribution in [0.15, 0.2) is 11.4 Å². The number of carbonyl (C=O) groups is 2. The standard InChI is InChI=1S/C12H13ClN2O2S/c13-5-11(16)14-6-9-8-2-4-18-10(8)1-3-15(9)12(17)7-14/h2,4,9H,1,3,5-7H2. The van der Waals surface area contributed by atoms with Gasteiger partial charge in [0.25, 0.3) is 0 Å². The van der Waals surface area contributed by atoms with E-state index in [-0.39, 0.29) is 30.3 Å². The summed E-state index contributed by atoms with van der Waals surface area (Å²) in [5.41, 5.74) is 1.20. The lowest BCUT2D eigenvalue weighted by Crippen LogP contribution is -2.55. The van der Waals surface area contributed by atoms with Crippen LogP contribution in [0.3, 0.4) is 0 Å². The fourth-order valence-corrected chi connectivity index (χ4v) is 3.79. The molecule has 0 bridgehead atoms. The van der Waals surface area contributed by atoms with Gasteiger partial charge in [-0.15, -0.1) is 22.9 Å². The molecule has 1 atom stereocenters. The Hall–Kier alpha value is -1.07. The molecule has 0 N–H and O–H groups in total. The predicted octanol–water partition coefficient (Wildman–Crippen LogP) is 1.25. The number of carbonyl (C=O) groups excluding carboxylic acids is 2. The number of halogens is 1. The van der Waals surface area contributed by atoms with Gasteiger partial charge < -0.3 is 9.80 Å². The molecular formula is C12H13ClN2O2S. The number of rotatable bonds is 1. The molecule has 1 aromatic heterocycles. The first kappa shape index (κ1) is 12.0. The van der Waals surface area contributed by atoms with Gasteiger partial charge in [-0.3, -0.25) is 9.59 Å². The van der Waals surface area contributed by atoms with Crippen molar-refractivity contribution in [2.24, 2.45) is 0 Å². The molecule has 2 aliphatic heterocycles. The van der Waals surface area contributed by atoms with Crippen LogP contribution in [0.25, 0.3) is 0 Å². The Kier molecular flexibility index (Phi) is 3.03. The van der Waals surface area contributed by atoms with Crippen molar-refractivity contribution in [2.75, 3.05) is 25.5 Å². The van der Waals surface area contributed by atoms with Crippen LogP contribution in [-0.2, 0) is 16.0 Å². The number of hydrogen-bond donors (Lipinski definition) is 0. The van der Waals surface area contributed by atoms with E-state index in [1.54, 1.807) is 16.2 Å². The second-order valence-corrected chi connectivity index (χ2v) is 5.83. The van der Waals surface area contributed by atoms with Crippen LogP contribution < -0.4 is 0 Å². The predicted molar refractivity (Wildman–Crippen MR) is 69.8 cm³/mol. The molecule has 1 fully saturated rings. The van der Waals surface area contributed by atoms with Crippen LogP contribution in [0, 0.1) is 0 Å². The first-order chi connectivity index (χ1) is 8.70. The highest BCUT2D eigenvalue weighted by atomic mass is 35.5. The number of alkyl halides is 1. The van der Waals surface area contributed by atoms with E-state index >= 15 is 0 Å². The molecule has 1 saturated heterocycles. The molecule has 0 aliphatic carbocycles. The minimum atomic E-state index is -0.160. The van der Waals surface area contributed by atoms with E-state index in [1.165, 1.54) is 10.4 Å². The van der Waals surface area contributed by atoms with Gasteiger partial charge in [-0.2, -0.15) is 0 Å². The average molecular weight is 285 g/mol. The number of piperazine rings is 1. The lowest BCUT2D eigenvalue weighted by Gasteiger charge is -2.43. The summed E-state index contributed by atoms with van der Waals surface area (Å²) in [6.45, 7) is 1.50. The Morgan fingerprint density at radius 2 is 2.39 bits per heavy atom. The normalized spacial score (nSPS) is 22.7. The van der Waals surface area contributed by atoms with Crippen LogP contribution in [-0.4, -0.2) is 47.1 Å². The fourth-order valence-electron chi connectivity index (χ4n) is 2.69. The summed E-state index contributed by atoms with van der Waals surface area (Å²) in [5, 5.41) is 2.06. The van der Waals surface area contributed by atoms with Crippen molar-refractivity contribution in [3.8, 4) is 0 Å². The van der Waals surface area contributed by atoms with E-state index < -0.39 is 0 Å². The first-order valence-corrected chi connectivity index (χ1v) is 7.31. The largest absolute Gasteiger partial charge is 0.332 e. The van der Waals surface area contributed by atoms with E-state index in [2.05, 4.69) is 11.4 Å². The Labute approximate surface area is 114 Å². The van der Waals surface area contributed by atoms with E-state index in [4.69, 9.17) is 11.6 Å². The van der Waals surface area contributed by atoms with E-state index in [0.717, 1.165) is 13.0 Å². The van der Waals surface area contributed by atoms with Gasteiger partial charge in [0.1, 0.15) is 5.88 Å². The van der Waals surface area contributed by atoms with E-state index in [0.29, 0.717) is 6.54 Å². The molecule has 1 aromatic rings. The molecule has 1 unspecified atom stereocenters. The zero-order valence-electron chi connectivity index (χ0n) is 9.76. The zero-order valence-corrected chi connectivity index (χ0v) is 11.3. The van der Waals surface area contributed by atoms with Gasteiger partial charge in [0, 0.05) is 18.0 Å². The average Bonchev–Trinajstić information content (AvgIpc) is 2.86. The maximum absolute atomic E-state index is 12.1. The van der Waals surface area contributed by atoms with Crippen LogP contribution in [0.4, 0.5) is 0 Å². The van der Waals surface area contributed by atoms with Crippen molar-refractivity contribution in [2.45, 2.75) is 12.5 Å². The minimum absolute atomic E-state index is 0.0217. The van der Waals surface area contributed by atoms with Crippen LogP contribution >= 0.6 is 22.9 Å². The highest BCUT2D eigenvalue weighted by Crippen LogP contribution is 2.35. The molecule has 2 amide bonds. The molecule has 6 heteroatoms. The maximum Gasteiger partial charge on any atom is 0.242 e. The minimum Gasteiger partial charge on any atom is -0.332 e. The van der Waals surface area contributed by atoms with Gasteiger partial charge in [0.2, 0.25) is 11.8 Å².